The maximum absolute atomic E-state index is 11.5. The molecule has 1 unspecified atom stereocenters. The first-order valence-corrected chi connectivity index (χ1v) is 9.32. The molecule has 0 radical (unpaired) electrons. The summed E-state index contributed by atoms with van der Waals surface area (Å²) in [7, 11) is 3.64. The number of benzene rings is 2. The van der Waals surface area contributed by atoms with Gasteiger partial charge in [0.2, 0.25) is 0 Å². The first-order chi connectivity index (χ1) is 13.2. The molecule has 0 aromatic heterocycles. The van der Waals surface area contributed by atoms with Crippen LogP contribution >= 0.6 is 0 Å². The third kappa shape index (κ3) is 4.13. The zero-order valence-electron chi connectivity index (χ0n) is 16.1. The molecule has 0 aliphatic carbocycles. The SMILES string of the molecule is CCCCOc1cc(N=CC2Cc3ccccc3N2C)c(C=O)cc1OC. The van der Waals surface area contributed by atoms with Crippen LogP contribution in [0.5, 0.6) is 11.5 Å². The number of nitrogens with zero attached hydrogens (tertiary/aromatic N) is 2. The van der Waals surface area contributed by atoms with Crippen LogP contribution in [-0.4, -0.2) is 39.3 Å². The fourth-order valence-corrected chi connectivity index (χ4v) is 3.26. The molecule has 27 heavy (non-hydrogen) atoms. The molecule has 1 aliphatic rings. The Morgan fingerprint density at radius 2 is 2.07 bits per heavy atom. The van der Waals surface area contributed by atoms with Gasteiger partial charge in [0.15, 0.2) is 17.8 Å². The van der Waals surface area contributed by atoms with E-state index in [9.17, 15) is 4.79 Å². The lowest BCUT2D eigenvalue weighted by molar-refractivity contribution is 0.112. The second kappa shape index (κ2) is 8.71. The van der Waals surface area contributed by atoms with Crippen LogP contribution in [0.2, 0.25) is 0 Å². The molecule has 0 bridgehead atoms. The molecule has 3 rings (SSSR count). The van der Waals surface area contributed by atoms with Crippen molar-refractivity contribution < 1.29 is 14.3 Å². The Morgan fingerprint density at radius 3 is 2.78 bits per heavy atom. The Bertz CT molecular complexity index is 832. The van der Waals surface area contributed by atoms with E-state index in [0.717, 1.165) is 25.5 Å². The van der Waals surface area contributed by atoms with Crippen molar-refractivity contribution in [2.45, 2.75) is 32.2 Å². The van der Waals surface area contributed by atoms with Crippen LogP contribution in [0, 0.1) is 0 Å². The molecule has 0 amide bonds. The van der Waals surface area contributed by atoms with E-state index in [2.05, 4.69) is 42.1 Å². The summed E-state index contributed by atoms with van der Waals surface area (Å²) in [6, 6.07) is 12.0. The molecule has 1 atom stereocenters. The lowest BCUT2D eigenvalue weighted by Crippen LogP contribution is -2.28. The smallest absolute Gasteiger partial charge is 0.163 e. The van der Waals surface area contributed by atoms with Gasteiger partial charge in [-0.1, -0.05) is 31.5 Å². The van der Waals surface area contributed by atoms with Crippen molar-refractivity contribution in [1.82, 2.24) is 0 Å². The number of carbonyl (C=O) groups excluding carboxylic acids is 1. The van der Waals surface area contributed by atoms with Gasteiger partial charge in [0, 0.05) is 30.6 Å². The maximum Gasteiger partial charge on any atom is 0.163 e. The number of carbonyl (C=O) groups is 1. The van der Waals surface area contributed by atoms with Gasteiger partial charge in [0.25, 0.3) is 0 Å². The third-order valence-corrected chi connectivity index (χ3v) is 4.88. The minimum absolute atomic E-state index is 0.161. The van der Waals surface area contributed by atoms with Crippen LogP contribution < -0.4 is 14.4 Å². The molecular weight excluding hydrogens is 340 g/mol. The number of anilines is 1. The fourth-order valence-electron chi connectivity index (χ4n) is 3.26. The molecule has 1 heterocycles. The number of aldehydes is 1. The summed E-state index contributed by atoms with van der Waals surface area (Å²) in [5, 5.41) is 0. The van der Waals surface area contributed by atoms with Crippen LogP contribution in [0.3, 0.4) is 0 Å². The predicted octanol–water partition coefficient (Wildman–Crippen LogP) is 4.45. The van der Waals surface area contributed by atoms with Crippen molar-refractivity contribution in [3.05, 3.63) is 47.5 Å². The maximum atomic E-state index is 11.5. The first kappa shape index (κ1) is 19.0. The number of methoxy groups -OCH3 is 1. The lowest BCUT2D eigenvalue weighted by Gasteiger charge is -2.19. The van der Waals surface area contributed by atoms with Gasteiger partial charge in [-0.15, -0.1) is 0 Å². The highest BCUT2D eigenvalue weighted by Gasteiger charge is 2.24. The average molecular weight is 366 g/mol. The molecule has 0 spiro atoms. The Labute approximate surface area is 160 Å². The van der Waals surface area contributed by atoms with Crippen molar-refractivity contribution in [3.8, 4) is 11.5 Å². The Morgan fingerprint density at radius 1 is 1.26 bits per heavy atom. The van der Waals surface area contributed by atoms with Gasteiger partial charge in [0.1, 0.15) is 0 Å². The zero-order chi connectivity index (χ0) is 19.2. The lowest BCUT2D eigenvalue weighted by atomic mass is 10.1. The molecule has 0 fully saturated rings. The number of rotatable bonds is 8. The van der Waals surface area contributed by atoms with Crippen molar-refractivity contribution in [3.63, 3.8) is 0 Å². The molecular formula is C22H26N2O3. The Balaban J connectivity index is 1.84. The average Bonchev–Trinajstić information content (AvgIpc) is 3.02. The number of ether oxygens (including phenoxy) is 2. The Hall–Kier alpha value is -2.82. The van der Waals surface area contributed by atoms with E-state index in [4.69, 9.17) is 9.47 Å². The van der Waals surface area contributed by atoms with E-state index < -0.39 is 0 Å². The number of para-hydroxylation sites is 1. The van der Waals surface area contributed by atoms with Crippen LogP contribution in [0.1, 0.15) is 35.7 Å². The standard InChI is InChI=1S/C22H26N2O3/c1-4-5-10-27-22-13-19(17(15-25)12-21(22)26-3)23-14-18-11-16-8-6-7-9-20(16)24(18)2/h6-9,12-15,18H,4-5,10-11H2,1-3H3. The van der Waals surface area contributed by atoms with Gasteiger partial charge in [-0.25, -0.2) is 0 Å². The molecule has 5 nitrogen and oxygen atoms in total. The number of aliphatic imine (C=N–C) groups is 1. The fraction of sp³-hybridized carbons (Fsp3) is 0.364. The second-order valence-corrected chi connectivity index (χ2v) is 6.67. The monoisotopic (exact) mass is 366 g/mol. The third-order valence-electron chi connectivity index (χ3n) is 4.88. The van der Waals surface area contributed by atoms with E-state index >= 15 is 0 Å². The molecule has 5 heteroatoms. The summed E-state index contributed by atoms with van der Waals surface area (Å²) >= 11 is 0. The molecule has 2 aromatic carbocycles. The van der Waals surface area contributed by atoms with Gasteiger partial charge in [-0.05, 0) is 30.5 Å². The molecule has 2 aromatic rings. The van der Waals surface area contributed by atoms with Crippen molar-refractivity contribution >= 4 is 23.9 Å². The minimum Gasteiger partial charge on any atom is -0.493 e. The zero-order valence-corrected chi connectivity index (χ0v) is 16.1. The molecule has 0 saturated heterocycles. The van der Waals surface area contributed by atoms with Crippen molar-refractivity contribution in [2.24, 2.45) is 4.99 Å². The predicted molar refractivity (Wildman–Crippen MR) is 109 cm³/mol. The van der Waals surface area contributed by atoms with Gasteiger partial charge >= 0.3 is 0 Å². The van der Waals surface area contributed by atoms with Gasteiger partial charge in [-0.2, -0.15) is 0 Å². The molecule has 0 N–H and O–H groups in total. The number of likely N-dealkylation sites (N-methyl/N-ethyl adjacent to an activating group) is 1. The number of unbranched alkanes of at least 4 members (excludes halogenated alkanes) is 1. The summed E-state index contributed by atoms with van der Waals surface area (Å²) in [6.45, 7) is 2.72. The number of hydrogen-bond donors (Lipinski definition) is 0. The summed E-state index contributed by atoms with van der Waals surface area (Å²) in [5.74, 6) is 1.17. The number of fused-ring (bicyclic) bond motifs is 1. The summed E-state index contributed by atoms with van der Waals surface area (Å²) in [6.07, 6.45) is 5.63. The molecule has 1 aliphatic heterocycles. The highest BCUT2D eigenvalue weighted by atomic mass is 16.5. The van der Waals surface area contributed by atoms with Crippen LogP contribution in [0.4, 0.5) is 11.4 Å². The highest BCUT2D eigenvalue weighted by Crippen LogP contribution is 2.35. The topological polar surface area (TPSA) is 51.1 Å². The van der Waals surface area contributed by atoms with Crippen LogP contribution in [-0.2, 0) is 6.42 Å². The largest absolute Gasteiger partial charge is 0.493 e. The minimum atomic E-state index is 0.161. The number of hydrogen-bond acceptors (Lipinski definition) is 5. The normalized spacial score (nSPS) is 15.8. The van der Waals surface area contributed by atoms with Crippen molar-refractivity contribution in [1.29, 1.82) is 0 Å². The van der Waals surface area contributed by atoms with E-state index in [1.807, 2.05) is 12.3 Å². The van der Waals surface area contributed by atoms with E-state index in [-0.39, 0.29) is 6.04 Å². The summed E-state index contributed by atoms with van der Waals surface area (Å²) in [4.78, 5) is 18.4. The Kier molecular flexibility index (Phi) is 6.12. The van der Waals surface area contributed by atoms with E-state index in [0.29, 0.717) is 29.4 Å². The highest BCUT2D eigenvalue weighted by molar-refractivity contribution is 5.87. The van der Waals surface area contributed by atoms with Gasteiger partial charge in [-0.3, -0.25) is 9.79 Å². The van der Waals surface area contributed by atoms with Gasteiger partial charge in [0.05, 0.1) is 25.4 Å². The second-order valence-electron chi connectivity index (χ2n) is 6.67. The molecule has 0 saturated carbocycles. The summed E-state index contributed by atoms with van der Waals surface area (Å²) in [5.41, 5.74) is 3.62. The summed E-state index contributed by atoms with van der Waals surface area (Å²) < 4.78 is 11.2. The van der Waals surface area contributed by atoms with E-state index in [1.54, 1.807) is 19.2 Å². The first-order valence-electron chi connectivity index (χ1n) is 9.32. The van der Waals surface area contributed by atoms with Crippen LogP contribution in [0.15, 0.2) is 41.4 Å². The van der Waals surface area contributed by atoms with Gasteiger partial charge < -0.3 is 14.4 Å². The van der Waals surface area contributed by atoms with Crippen molar-refractivity contribution in [2.75, 3.05) is 25.7 Å². The van der Waals surface area contributed by atoms with Crippen LogP contribution in [0.25, 0.3) is 0 Å². The van der Waals surface area contributed by atoms with E-state index in [1.165, 1.54) is 11.3 Å². The molecule has 142 valence electrons. The quantitative estimate of drug-likeness (QED) is 0.393.